The van der Waals surface area contributed by atoms with E-state index in [9.17, 15) is 0 Å². The quantitative estimate of drug-likeness (QED) is 0.437. The average Bonchev–Trinajstić information content (AvgIpc) is 2.43. The Labute approximate surface area is 107 Å². The normalized spacial score (nSPS) is 9.06. The molecule has 1 aromatic rings. The summed E-state index contributed by atoms with van der Waals surface area (Å²) in [6, 6.07) is 13.4. The summed E-state index contributed by atoms with van der Waals surface area (Å²) in [6.45, 7) is 0.914. The Hall–Kier alpha value is -2.30. The predicted octanol–water partition coefficient (Wildman–Crippen LogP) is 2.54. The van der Waals surface area contributed by atoms with Gasteiger partial charge in [0.2, 0.25) is 0 Å². The topological polar surface area (TPSA) is 66.0 Å². The van der Waals surface area contributed by atoms with Crippen LogP contribution < -0.4 is 0 Å². The van der Waals surface area contributed by atoms with E-state index in [4.69, 9.17) is 20.0 Å². The summed E-state index contributed by atoms with van der Waals surface area (Å²) < 4.78 is 10.5. The third-order valence-corrected chi connectivity index (χ3v) is 2.33. The number of hydrogen-bond acceptors (Lipinski definition) is 4. The minimum atomic E-state index is 0.000751. The van der Waals surface area contributed by atoms with Gasteiger partial charge in [-0.3, -0.25) is 0 Å². The second kappa shape index (κ2) is 7.89. The molecule has 0 aliphatic heterocycles. The molecule has 0 spiro atoms. The van der Waals surface area contributed by atoms with Crippen LogP contribution in [0.15, 0.2) is 41.7 Å². The van der Waals surface area contributed by atoms with Crippen molar-refractivity contribution in [2.45, 2.75) is 13.0 Å². The maximum absolute atomic E-state index is 8.71. The molecule has 0 unspecified atom stereocenters. The Bertz CT molecular complexity index is 465. The van der Waals surface area contributed by atoms with Crippen molar-refractivity contribution in [3.63, 3.8) is 0 Å². The minimum absolute atomic E-state index is 0.000751. The zero-order valence-corrected chi connectivity index (χ0v) is 10.2. The fraction of sp³-hybridized carbons (Fsp3) is 0.286. The average molecular weight is 242 g/mol. The van der Waals surface area contributed by atoms with Gasteiger partial charge in [-0.25, -0.2) is 0 Å². The highest BCUT2D eigenvalue weighted by Gasteiger charge is 2.06. The van der Waals surface area contributed by atoms with Crippen molar-refractivity contribution in [2.75, 3.05) is 13.7 Å². The first-order chi connectivity index (χ1) is 8.81. The molecule has 92 valence electrons. The van der Waals surface area contributed by atoms with Gasteiger partial charge < -0.3 is 9.47 Å². The first-order valence-corrected chi connectivity index (χ1v) is 5.50. The number of hydrogen-bond donors (Lipinski definition) is 0. The Morgan fingerprint density at radius 1 is 1.17 bits per heavy atom. The zero-order valence-electron chi connectivity index (χ0n) is 10.2. The Morgan fingerprint density at radius 2 is 1.83 bits per heavy atom. The van der Waals surface area contributed by atoms with E-state index in [1.807, 2.05) is 30.3 Å². The van der Waals surface area contributed by atoms with Gasteiger partial charge in [0.1, 0.15) is 17.9 Å². The van der Waals surface area contributed by atoms with Gasteiger partial charge >= 0.3 is 0 Å². The van der Waals surface area contributed by atoms with E-state index >= 15 is 0 Å². The molecule has 1 aromatic carbocycles. The molecule has 0 N–H and O–H groups in total. The SMILES string of the molecule is COC(CCOCc1ccccc1)=C(C#N)C#N. The van der Waals surface area contributed by atoms with Crippen molar-refractivity contribution >= 4 is 0 Å². The molecule has 0 aliphatic carbocycles. The number of nitrogens with zero attached hydrogens (tertiary/aromatic N) is 2. The number of benzene rings is 1. The zero-order chi connectivity index (χ0) is 13.2. The summed E-state index contributed by atoms with van der Waals surface area (Å²) in [5.41, 5.74) is 1.09. The molecule has 0 heterocycles. The molecule has 0 bridgehead atoms. The lowest BCUT2D eigenvalue weighted by atomic mass is 10.2. The van der Waals surface area contributed by atoms with Crippen LogP contribution in [0.1, 0.15) is 12.0 Å². The van der Waals surface area contributed by atoms with Gasteiger partial charge in [0.05, 0.1) is 20.3 Å². The van der Waals surface area contributed by atoms with Gasteiger partial charge in [0.15, 0.2) is 5.57 Å². The van der Waals surface area contributed by atoms with Crippen LogP contribution in [0.5, 0.6) is 0 Å². The minimum Gasteiger partial charge on any atom is -0.499 e. The summed E-state index contributed by atoms with van der Waals surface area (Å²) in [6.07, 6.45) is 0.416. The lowest BCUT2D eigenvalue weighted by molar-refractivity contribution is 0.112. The molecule has 0 saturated carbocycles. The molecular formula is C14H14N2O2. The lowest BCUT2D eigenvalue weighted by Gasteiger charge is -2.07. The van der Waals surface area contributed by atoms with Gasteiger partial charge in [-0.05, 0) is 5.56 Å². The van der Waals surface area contributed by atoms with E-state index in [-0.39, 0.29) is 5.57 Å². The van der Waals surface area contributed by atoms with E-state index in [1.54, 1.807) is 12.1 Å². The predicted molar refractivity (Wildman–Crippen MR) is 66.0 cm³/mol. The molecule has 18 heavy (non-hydrogen) atoms. The molecule has 0 amide bonds. The summed E-state index contributed by atoms with van der Waals surface area (Å²) in [4.78, 5) is 0. The Kier molecular flexibility index (Phi) is 6.03. The standard InChI is InChI=1S/C14H14N2O2/c1-17-14(13(9-15)10-16)7-8-18-11-12-5-3-2-4-6-12/h2-6H,7-8,11H2,1H3. The van der Waals surface area contributed by atoms with Gasteiger partial charge in [-0.15, -0.1) is 0 Å². The van der Waals surface area contributed by atoms with E-state index in [0.29, 0.717) is 25.4 Å². The van der Waals surface area contributed by atoms with Crippen LogP contribution in [0, 0.1) is 22.7 Å². The third kappa shape index (κ3) is 4.29. The van der Waals surface area contributed by atoms with Gasteiger partial charge in [0, 0.05) is 6.42 Å². The smallest absolute Gasteiger partial charge is 0.167 e. The second-order valence-corrected chi connectivity index (χ2v) is 3.51. The Morgan fingerprint density at radius 3 is 2.39 bits per heavy atom. The number of rotatable bonds is 6. The molecule has 1 rings (SSSR count). The monoisotopic (exact) mass is 242 g/mol. The molecule has 0 saturated heterocycles. The van der Waals surface area contributed by atoms with Crippen LogP contribution in [-0.4, -0.2) is 13.7 Å². The van der Waals surface area contributed by atoms with Crippen molar-refractivity contribution in [1.82, 2.24) is 0 Å². The van der Waals surface area contributed by atoms with Crippen LogP contribution in [0.3, 0.4) is 0 Å². The van der Waals surface area contributed by atoms with Gasteiger partial charge in [-0.1, -0.05) is 30.3 Å². The van der Waals surface area contributed by atoms with Crippen molar-refractivity contribution < 1.29 is 9.47 Å². The largest absolute Gasteiger partial charge is 0.499 e. The van der Waals surface area contributed by atoms with E-state index in [0.717, 1.165) is 5.56 Å². The first kappa shape index (κ1) is 13.8. The maximum atomic E-state index is 8.71. The summed E-state index contributed by atoms with van der Waals surface area (Å²) in [5.74, 6) is 0.369. The highest BCUT2D eigenvalue weighted by molar-refractivity contribution is 5.37. The number of nitriles is 2. The van der Waals surface area contributed by atoms with Crippen LogP contribution in [0.4, 0.5) is 0 Å². The number of allylic oxidation sites excluding steroid dienone is 1. The highest BCUT2D eigenvalue weighted by Crippen LogP contribution is 2.09. The summed E-state index contributed by atoms with van der Waals surface area (Å²) in [7, 11) is 1.45. The number of ether oxygens (including phenoxy) is 2. The lowest BCUT2D eigenvalue weighted by Crippen LogP contribution is -2.00. The van der Waals surface area contributed by atoms with Crippen LogP contribution in [0.2, 0.25) is 0 Å². The fourth-order valence-corrected chi connectivity index (χ4v) is 1.41. The number of methoxy groups -OCH3 is 1. The Balaban J connectivity index is 2.40. The molecule has 0 radical (unpaired) electrons. The van der Waals surface area contributed by atoms with E-state index in [2.05, 4.69) is 0 Å². The second-order valence-electron chi connectivity index (χ2n) is 3.51. The van der Waals surface area contributed by atoms with Crippen LogP contribution >= 0.6 is 0 Å². The molecular weight excluding hydrogens is 228 g/mol. The van der Waals surface area contributed by atoms with E-state index in [1.165, 1.54) is 7.11 Å². The van der Waals surface area contributed by atoms with Crippen LogP contribution in [0.25, 0.3) is 0 Å². The molecule has 4 nitrogen and oxygen atoms in total. The van der Waals surface area contributed by atoms with Crippen molar-refractivity contribution in [3.8, 4) is 12.1 Å². The molecule has 0 atom stereocenters. The van der Waals surface area contributed by atoms with Crippen molar-refractivity contribution in [1.29, 1.82) is 10.5 Å². The third-order valence-electron chi connectivity index (χ3n) is 2.33. The molecule has 0 aliphatic rings. The van der Waals surface area contributed by atoms with Gasteiger partial charge in [-0.2, -0.15) is 10.5 Å². The van der Waals surface area contributed by atoms with Crippen LogP contribution in [-0.2, 0) is 16.1 Å². The molecule has 4 heteroatoms. The summed E-state index contributed by atoms with van der Waals surface area (Å²) >= 11 is 0. The summed E-state index contributed by atoms with van der Waals surface area (Å²) in [5, 5.41) is 17.4. The maximum Gasteiger partial charge on any atom is 0.167 e. The van der Waals surface area contributed by atoms with Crippen molar-refractivity contribution in [2.24, 2.45) is 0 Å². The van der Waals surface area contributed by atoms with Gasteiger partial charge in [0.25, 0.3) is 0 Å². The highest BCUT2D eigenvalue weighted by atomic mass is 16.5. The molecule has 0 aromatic heterocycles. The fourth-order valence-electron chi connectivity index (χ4n) is 1.41. The van der Waals surface area contributed by atoms with E-state index < -0.39 is 0 Å². The van der Waals surface area contributed by atoms with Crippen molar-refractivity contribution in [3.05, 3.63) is 47.2 Å². The first-order valence-electron chi connectivity index (χ1n) is 5.50. The molecule has 0 fully saturated rings.